The summed E-state index contributed by atoms with van der Waals surface area (Å²) in [5.74, 6) is -0.410. The Morgan fingerprint density at radius 3 is 2.70 bits per heavy atom. The lowest BCUT2D eigenvalue weighted by molar-refractivity contribution is 0.300. The Hall–Kier alpha value is -1.44. The average molecular weight is 315 g/mol. The third-order valence-corrected chi connectivity index (χ3v) is 5.70. The zero-order valence-corrected chi connectivity index (χ0v) is 12.4. The molecule has 108 valence electrons. The maximum Gasteiger partial charge on any atom is 0.271 e. The van der Waals surface area contributed by atoms with Crippen molar-refractivity contribution in [2.75, 3.05) is 11.3 Å². The molecule has 0 spiro atoms. The quantitative estimate of drug-likeness (QED) is 0.891. The fourth-order valence-electron chi connectivity index (χ4n) is 1.68. The van der Waals surface area contributed by atoms with Gasteiger partial charge in [-0.3, -0.25) is 4.72 Å². The highest BCUT2D eigenvalue weighted by Gasteiger charge is 2.17. The van der Waals surface area contributed by atoms with Gasteiger partial charge in [-0.05, 0) is 42.8 Å². The predicted octanol–water partition coefficient (Wildman–Crippen LogP) is 2.53. The molecule has 0 aliphatic heterocycles. The molecule has 0 aliphatic carbocycles. The first kappa shape index (κ1) is 15.0. The zero-order chi connectivity index (χ0) is 14.8. The van der Waals surface area contributed by atoms with Crippen molar-refractivity contribution in [2.45, 2.75) is 17.6 Å². The first-order valence-corrected chi connectivity index (χ1v) is 8.21. The van der Waals surface area contributed by atoms with Crippen LogP contribution in [0.5, 0.6) is 0 Å². The lowest BCUT2D eigenvalue weighted by atomic mass is 10.2. The molecule has 0 amide bonds. The van der Waals surface area contributed by atoms with E-state index in [1.807, 2.05) is 0 Å². The maximum absolute atomic E-state index is 13.0. The van der Waals surface area contributed by atoms with Crippen LogP contribution in [0.15, 0.2) is 34.5 Å². The zero-order valence-electron chi connectivity index (χ0n) is 10.8. The van der Waals surface area contributed by atoms with E-state index in [1.165, 1.54) is 24.3 Å². The Kier molecular flexibility index (Phi) is 4.42. The lowest BCUT2D eigenvalue weighted by Gasteiger charge is -2.09. The van der Waals surface area contributed by atoms with E-state index in [4.69, 9.17) is 5.11 Å². The third kappa shape index (κ3) is 3.36. The van der Waals surface area contributed by atoms with Crippen molar-refractivity contribution < 1.29 is 17.9 Å². The monoisotopic (exact) mass is 315 g/mol. The predicted molar refractivity (Wildman–Crippen MR) is 77.1 cm³/mol. The fraction of sp³-hybridized carbons (Fsp3) is 0.231. The molecule has 20 heavy (non-hydrogen) atoms. The second-order valence-electron chi connectivity index (χ2n) is 4.26. The molecule has 0 fully saturated rings. The van der Waals surface area contributed by atoms with Gasteiger partial charge in [-0.15, -0.1) is 11.3 Å². The van der Waals surface area contributed by atoms with Gasteiger partial charge < -0.3 is 5.11 Å². The SMILES string of the molecule is Cc1cc(F)ccc1NS(=O)(=O)c1ccc(CCO)s1. The number of aliphatic hydroxyl groups is 1. The molecule has 1 aromatic carbocycles. The van der Waals surface area contributed by atoms with Gasteiger partial charge in [0.2, 0.25) is 0 Å². The molecule has 2 N–H and O–H groups in total. The Labute approximate surface area is 120 Å². The van der Waals surface area contributed by atoms with Crippen LogP contribution >= 0.6 is 11.3 Å². The van der Waals surface area contributed by atoms with Crippen molar-refractivity contribution in [3.8, 4) is 0 Å². The van der Waals surface area contributed by atoms with E-state index in [1.54, 1.807) is 13.0 Å². The molecule has 1 aromatic heterocycles. The molecule has 4 nitrogen and oxygen atoms in total. The molecular weight excluding hydrogens is 301 g/mol. The van der Waals surface area contributed by atoms with Crippen molar-refractivity contribution in [3.05, 3.63) is 46.6 Å². The molecule has 0 saturated heterocycles. The molecular formula is C13H14FNO3S2. The Morgan fingerprint density at radius 2 is 2.05 bits per heavy atom. The summed E-state index contributed by atoms with van der Waals surface area (Å²) >= 11 is 1.11. The second-order valence-corrected chi connectivity index (χ2v) is 7.34. The number of hydrogen-bond acceptors (Lipinski definition) is 4. The molecule has 0 unspecified atom stereocenters. The van der Waals surface area contributed by atoms with E-state index < -0.39 is 15.8 Å². The van der Waals surface area contributed by atoms with Gasteiger partial charge in [0.1, 0.15) is 10.0 Å². The van der Waals surface area contributed by atoms with Gasteiger partial charge in [0.15, 0.2) is 0 Å². The van der Waals surface area contributed by atoms with Crippen LogP contribution in [-0.2, 0) is 16.4 Å². The van der Waals surface area contributed by atoms with Crippen molar-refractivity contribution >= 4 is 27.0 Å². The van der Waals surface area contributed by atoms with Gasteiger partial charge in [0.05, 0.1) is 5.69 Å². The first-order valence-electron chi connectivity index (χ1n) is 5.91. The lowest BCUT2D eigenvalue weighted by Crippen LogP contribution is -2.12. The van der Waals surface area contributed by atoms with Crippen molar-refractivity contribution in [1.82, 2.24) is 0 Å². The number of rotatable bonds is 5. The Morgan fingerprint density at radius 1 is 1.30 bits per heavy atom. The van der Waals surface area contributed by atoms with E-state index in [9.17, 15) is 12.8 Å². The van der Waals surface area contributed by atoms with E-state index >= 15 is 0 Å². The molecule has 0 aliphatic rings. The molecule has 0 radical (unpaired) electrons. The maximum atomic E-state index is 13.0. The minimum absolute atomic E-state index is 0.0233. The number of aliphatic hydroxyl groups excluding tert-OH is 1. The molecule has 0 bridgehead atoms. The van der Waals surface area contributed by atoms with Crippen molar-refractivity contribution in [3.63, 3.8) is 0 Å². The smallest absolute Gasteiger partial charge is 0.271 e. The summed E-state index contributed by atoms with van der Waals surface area (Å²) < 4.78 is 40.0. The van der Waals surface area contributed by atoms with E-state index in [-0.39, 0.29) is 10.8 Å². The minimum Gasteiger partial charge on any atom is -0.396 e. The molecule has 0 atom stereocenters. The number of anilines is 1. The number of thiophene rings is 1. The van der Waals surface area contributed by atoms with Crippen LogP contribution in [0.1, 0.15) is 10.4 Å². The van der Waals surface area contributed by atoms with E-state index in [0.29, 0.717) is 17.7 Å². The standard InChI is InChI=1S/C13H14FNO3S2/c1-9-8-10(14)2-4-12(9)15-20(17,18)13-5-3-11(19-13)6-7-16/h2-5,8,15-16H,6-7H2,1H3. The van der Waals surface area contributed by atoms with Crippen LogP contribution in [0.3, 0.4) is 0 Å². The van der Waals surface area contributed by atoms with Crippen LogP contribution in [0, 0.1) is 12.7 Å². The first-order chi connectivity index (χ1) is 9.42. The molecule has 7 heteroatoms. The number of nitrogens with one attached hydrogen (secondary N) is 1. The van der Waals surface area contributed by atoms with Crippen LogP contribution in [0.2, 0.25) is 0 Å². The van der Waals surface area contributed by atoms with Crippen LogP contribution in [0.4, 0.5) is 10.1 Å². The summed E-state index contributed by atoms with van der Waals surface area (Å²) in [4.78, 5) is 0.795. The molecule has 1 heterocycles. The normalized spacial score (nSPS) is 11.6. The topological polar surface area (TPSA) is 66.4 Å². The Bertz CT molecular complexity index is 710. The van der Waals surface area contributed by atoms with Gasteiger partial charge in [-0.25, -0.2) is 12.8 Å². The summed E-state index contributed by atoms with van der Waals surface area (Å²) in [6.07, 6.45) is 0.426. The number of benzene rings is 1. The second kappa shape index (κ2) is 5.90. The highest BCUT2D eigenvalue weighted by molar-refractivity contribution is 7.94. The van der Waals surface area contributed by atoms with Crippen molar-refractivity contribution in [2.24, 2.45) is 0 Å². The fourth-order valence-corrected chi connectivity index (χ4v) is 4.16. The largest absolute Gasteiger partial charge is 0.396 e. The molecule has 2 rings (SSSR count). The summed E-state index contributed by atoms with van der Waals surface area (Å²) in [5.41, 5.74) is 0.865. The summed E-state index contributed by atoms with van der Waals surface area (Å²) in [6.45, 7) is 1.61. The van der Waals surface area contributed by atoms with Gasteiger partial charge in [-0.2, -0.15) is 0 Å². The van der Waals surface area contributed by atoms with Crippen molar-refractivity contribution in [1.29, 1.82) is 0 Å². The average Bonchev–Trinajstić information content (AvgIpc) is 2.83. The molecule has 2 aromatic rings. The number of sulfonamides is 1. The van der Waals surface area contributed by atoms with E-state index in [2.05, 4.69) is 4.72 Å². The Balaban J connectivity index is 2.26. The number of aryl methyl sites for hydroxylation is 1. The highest BCUT2D eigenvalue weighted by atomic mass is 32.2. The van der Waals surface area contributed by atoms with Gasteiger partial charge in [-0.1, -0.05) is 0 Å². The summed E-state index contributed by atoms with van der Waals surface area (Å²) in [6, 6.07) is 7.04. The number of hydrogen-bond donors (Lipinski definition) is 2. The molecule has 0 saturated carbocycles. The van der Waals surface area contributed by atoms with E-state index in [0.717, 1.165) is 16.2 Å². The van der Waals surface area contributed by atoms with Gasteiger partial charge in [0, 0.05) is 17.9 Å². The highest BCUT2D eigenvalue weighted by Crippen LogP contribution is 2.25. The minimum atomic E-state index is -3.68. The van der Waals surface area contributed by atoms with Crippen LogP contribution in [-0.4, -0.2) is 20.1 Å². The van der Waals surface area contributed by atoms with Gasteiger partial charge in [0.25, 0.3) is 10.0 Å². The summed E-state index contributed by atoms with van der Waals surface area (Å²) in [5, 5.41) is 8.84. The number of halogens is 1. The van der Waals surface area contributed by atoms with Gasteiger partial charge >= 0.3 is 0 Å². The summed E-state index contributed by atoms with van der Waals surface area (Å²) in [7, 11) is -3.68. The van der Waals surface area contributed by atoms with Crippen LogP contribution in [0.25, 0.3) is 0 Å². The third-order valence-electron chi connectivity index (χ3n) is 2.69. The van der Waals surface area contributed by atoms with Crippen LogP contribution < -0.4 is 4.72 Å².